The Balaban J connectivity index is 2.23. The molecule has 1 aromatic heterocycles. The van der Waals surface area contributed by atoms with Gasteiger partial charge < -0.3 is 4.42 Å². The summed E-state index contributed by atoms with van der Waals surface area (Å²) in [5.74, 6) is -1.49. The summed E-state index contributed by atoms with van der Waals surface area (Å²) >= 11 is 0. The van der Waals surface area contributed by atoms with Crippen molar-refractivity contribution in [2.24, 2.45) is 0 Å². The van der Waals surface area contributed by atoms with E-state index in [1.54, 1.807) is 0 Å². The van der Waals surface area contributed by atoms with Gasteiger partial charge in [0.15, 0.2) is 21.9 Å². The van der Waals surface area contributed by atoms with Gasteiger partial charge in [-0.05, 0) is 36.4 Å². The number of hydrogen-bond acceptors (Lipinski definition) is 5. The Morgan fingerprint density at radius 1 is 1.04 bits per heavy atom. The van der Waals surface area contributed by atoms with E-state index in [0.29, 0.717) is 17.5 Å². The zero-order chi connectivity index (χ0) is 18.2. The fourth-order valence-electron chi connectivity index (χ4n) is 2.43. The van der Waals surface area contributed by atoms with E-state index in [0.717, 1.165) is 10.8 Å². The molecule has 3 rings (SSSR count). The topological polar surface area (TPSA) is 86.3 Å². The van der Waals surface area contributed by atoms with Crippen molar-refractivity contribution >= 4 is 16.1 Å². The molecule has 0 fully saturated rings. The van der Waals surface area contributed by atoms with Gasteiger partial charge in [0.2, 0.25) is 0 Å². The van der Waals surface area contributed by atoms with E-state index in [1.807, 2.05) is 0 Å². The summed E-state index contributed by atoms with van der Waals surface area (Å²) in [6, 6.07) is 10.8. The average Bonchev–Trinajstić information content (AvgIpc) is 2.91. The molecule has 0 aliphatic carbocycles. The number of carbonyl (C=O) groups excluding carboxylic acids is 1. The second-order valence-corrected chi connectivity index (χ2v) is 7.32. The van der Waals surface area contributed by atoms with Gasteiger partial charge in [0, 0.05) is 11.8 Å². The summed E-state index contributed by atoms with van der Waals surface area (Å²) in [5, 5.41) is 0. The molecule has 2 aromatic carbocycles. The Labute approximate surface area is 142 Å². The van der Waals surface area contributed by atoms with E-state index in [-0.39, 0.29) is 16.3 Å². The Bertz CT molecular complexity index is 1090. The highest BCUT2D eigenvalue weighted by atomic mass is 32.2. The third-order valence-corrected chi connectivity index (χ3v) is 4.71. The van der Waals surface area contributed by atoms with Crippen LogP contribution < -0.4 is 5.76 Å². The Morgan fingerprint density at radius 2 is 1.64 bits per heavy atom. The van der Waals surface area contributed by atoms with Gasteiger partial charge in [-0.2, -0.15) is 0 Å². The molecule has 0 saturated heterocycles. The summed E-state index contributed by atoms with van der Waals surface area (Å²) in [4.78, 5) is 23.5. The van der Waals surface area contributed by atoms with Gasteiger partial charge in [-0.15, -0.1) is 0 Å². The molecule has 0 saturated carbocycles. The predicted molar refractivity (Wildman–Crippen MR) is 88.2 cm³/mol. The number of aromatic nitrogens is 1. The lowest BCUT2D eigenvalue weighted by molar-refractivity contribution is 0.109. The fraction of sp³-hybridized carbons (Fsp3) is 0.0588. The summed E-state index contributed by atoms with van der Waals surface area (Å²) < 4.78 is 42.3. The number of hydrogen-bond donors (Lipinski definition) is 0. The van der Waals surface area contributed by atoms with E-state index >= 15 is 0 Å². The molecular weight excluding hydrogens is 349 g/mol. The molecule has 25 heavy (non-hydrogen) atoms. The fourth-order valence-corrected chi connectivity index (χ4v) is 3.06. The Morgan fingerprint density at radius 3 is 2.16 bits per heavy atom. The third kappa shape index (κ3) is 3.16. The monoisotopic (exact) mass is 361 g/mol. The van der Waals surface area contributed by atoms with Crippen molar-refractivity contribution in [1.29, 1.82) is 0 Å². The van der Waals surface area contributed by atoms with Crippen molar-refractivity contribution in [2.45, 2.75) is 4.90 Å². The number of oxazole rings is 1. The van der Waals surface area contributed by atoms with Gasteiger partial charge in [-0.3, -0.25) is 4.79 Å². The maximum Gasteiger partial charge on any atom is 0.424 e. The van der Waals surface area contributed by atoms with E-state index < -0.39 is 21.4 Å². The smallest absolute Gasteiger partial charge is 0.404 e. The van der Waals surface area contributed by atoms with Gasteiger partial charge in [-0.1, -0.05) is 12.1 Å². The summed E-state index contributed by atoms with van der Waals surface area (Å²) in [6.07, 6.45) is 1.46. The Hall–Kier alpha value is -3.00. The predicted octanol–water partition coefficient (Wildman–Crippen LogP) is 2.45. The second-order valence-electron chi connectivity index (χ2n) is 5.31. The molecule has 0 amide bonds. The second kappa shape index (κ2) is 6.14. The van der Waals surface area contributed by atoms with Crippen LogP contribution in [0.25, 0.3) is 16.9 Å². The molecule has 0 aliphatic rings. The lowest BCUT2D eigenvalue weighted by atomic mass is 10.1. The first-order valence-corrected chi connectivity index (χ1v) is 8.98. The minimum absolute atomic E-state index is 0.100. The molecule has 0 radical (unpaired) electrons. The maximum atomic E-state index is 13.1. The molecule has 0 unspecified atom stereocenters. The van der Waals surface area contributed by atoms with Gasteiger partial charge in [0.25, 0.3) is 0 Å². The molecule has 6 nitrogen and oxygen atoms in total. The van der Waals surface area contributed by atoms with E-state index in [4.69, 9.17) is 4.42 Å². The van der Waals surface area contributed by atoms with Crippen LogP contribution in [0.5, 0.6) is 0 Å². The number of carbonyl (C=O) groups is 1. The van der Waals surface area contributed by atoms with Crippen LogP contribution >= 0.6 is 0 Å². The van der Waals surface area contributed by atoms with Crippen LogP contribution in [-0.4, -0.2) is 25.5 Å². The minimum atomic E-state index is -3.38. The van der Waals surface area contributed by atoms with Crippen LogP contribution in [0.2, 0.25) is 0 Å². The molecule has 3 aromatic rings. The number of halogens is 1. The van der Waals surface area contributed by atoms with E-state index in [2.05, 4.69) is 0 Å². The molecule has 0 N–H and O–H groups in total. The van der Waals surface area contributed by atoms with Gasteiger partial charge >= 0.3 is 5.76 Å². The number of aldehydes is 1. The number of rotatable bonds is 4. The molecule has 0 aliphatic heterocycles. The van der Waals surface area contributed by atoms with Crippen LogP contribution in [-0.2, 0) is 9.84 Å². The highest BCUT2D eigenvalue weighted by molar-refractivity contribution is 7.90. The molecule has 128 valence electrons. The van der Waals surface area contributed by atoms with Gasteiger partial charge in [0.1, 0.15) is 11.5 Å². The van der Waals surface area contributed by atoms with Crippen LogP contribution in [0.3, 0.4) is 0 Å². The average molecular weight is 361 g/mol. The first kappa shape index (κ1) is 16.8. The lowest BCUT2D eigenvalue weighted by Crippen LogP contribution is -2.13. The van der Waals surface area contributed by atoms with Crippen molar-refractivity contribution < 1.29 is 22.0 Å². The highest BCUT2D eigenvalue weighted by Gasteiger charge is 2.20. The molecule has 8 heteroatoms. The first-order valence-electron chi connectivity index (χ1n) is 7.08. The van der Waals surface area contributed by atoms with Gasteiger partial charge in [-0.25, -0.2) is 22.2 Å². The third-order valence-electron chi connectivity index (χ3n) is 3.58. The summed E-state index contributed by atoms with van der Waals surface area (Å²) in [7, 11) is -3.38. The molecule has 0 bridgehead atoms. The zero-order valence-corrected chi connectivity index (χ0v) is 13.8. The van der Waals surface area contributed by atoms with Crippen molar-refractivity contribution in [3.05, 3.63) is 70.7 Å². The number of nitrogens with zero attached hydrogens (tertiary/aromatic N) is 1. The minimum Gasteiger partial charge on any atom is -0.404 e. The van der Waals surface area contributed by atoms with Crippen LogP contribution in [0.4, 0.5) is 4.39 Å². The van der Waals surface area contributed by atoms with E-state index in [1.165, 1.54) is 48.5 Å². The molecule has 0 atom stereocenters. The number of benzene rings is 2. The highest BCUT2D eigenvalue weighted by Crippen LogP contribution is 2.26. The SMILES string of the molecule is CS(=O)(=O)c1ccc(-c2c(C=O)oc(=O)n2-c2ccc(F)cc2)cc1. The quantitative estimate of drug-likeness (QED) is 0.666. The van der Waals surface area contributed by atoms with Crippen LogP contribution in [0.1, 0.15) is 10.6 Å². The van der Waals surface area contributed by atoms with Crippen molar-refractivity contribution in [2.75, 3.05) is 6.26 Å². The van der Waals surface area contributed by atoms with Crippen molar-refractivity contribution in [3.63, 3.8) is 0 Å². The van der Waals surface area contributed by atoms with Crippen LogP contribution in [0.15, 0.2) is 62.6 Å². The summed E-state index contributed by atoms with van der Waals surface area (Å²) in [5.41, 5.74) is 0.877. The molecule has 1 heterocycles. The first-order chi connectivity index (χ1) is 11.8. The zero-order valence-electron chi connectivity index (χ0n) is 13.0. The Kier molecular flexibility index (Phi) is 4.13. The van der Waals surface area contributed by atoms with Gasteiger partial charge in [0.05, 0.1) is 10.6 Å². The maximum absolute atomic E-state index is 13.1. The van der Waals surface area contributed by atoms with Crippen LogP contribution in [0, 0.1) is 5.82 Å². The number of sulfone groups is 1. The standard InChI is InChI=1S/C17H12FNO5S/c1-25(22,23)14-8-2-11(3-9-14)16-15(10-20)24-17(21)19(16)13-6-4-12(18)5-7-13/h2-10H,1H3. The van der Waals surface area contributed by atoms with Crippen molar-refractivity contribution in [3.8, 4) is 16.9 Å². The molecular formula is C17H12FNO5S. The molecule has 0 spiro atoms. The summed E-state index contributed by atoms with van der Waals surface area (Å²) in [6.45, 7) is 0. The largest absolute Gasteiger partial charge is 0.424 e. The van der Waals surface area contributed by atoms with E-state index in [9.17, 15) is 22.4 Å². The normalized spacial score (nSPS) is 11.4. The lowest BCUT2D eigenvalue weighted by Gasteiger charge is -2.08. The van der Waals surface area contributed by atoms with Crippen molar-refractivity contribution in [1.82, 2.24) is 4.57 Å².